The van der Waals surface area contributed by atoms with Gasteiger partial charge in [0.05, 0.1) is 5.69 Å². The van der Waals surface area contributed by atoms with Crippen molar-refractivity contribution in [3.63, 3.8) is 0 Å². The number of piperidine rings is 1. The van der Waals surface area contributed by atoms with Gasteiger partial charge in [0.25, 0.3) is 0 Å². The molecule has 18 heavy (non-hydrogen) atoms. The zero-order valence-electron chi connectivity index (χ0n) is 10.6. The van der Waals surface area contributed by atoms with Crippen molar-refractivity contribution >= 4 is 23.6 Å². The van der Waals surface area contributed by atoms with E-state index in [1.54, 1.807) is 6.07 Å². The quantitative estimate of drug-likeness (QED) is 0.655. The van der Waals surface area contributed by atoms with Gasteiger partial charge in [0.15, 0.2) is 5.78 Å². The molecule has 0 bridgehead atoms. The van der Waals surface area contributed by atoms with E-state index in [0.717, 1.165) is 18.8 Å². The summed E-state index contributed by atoms with van der Waals surface area (Å²) < 4.78 is 0. The molecule has 1 aromatic carbocycles. The first-order chi connectivity index (χ1) is 8.72. The molecule has 1 fully saturated rings. The van der Waals surface area contributed by atoms with Crippen LogP contribution in [-0.4, -0.2) is 25.3 Å². The van der Waals surface area contributed by atoms with Crippen LogP contribution in [0.2, 0.25) is 0 Å². The largest absolute Gasteiger partial charge is 0.372 e. The Balaban J connectivity index is 2.29. The molecule has 1 aliphatic heterocycles. The van der Waals surface area contributed by atoms with E-state index in [4.69, 9.17) is 0 Å². The maximum atomic E-state index is 11.6. The number of carbonyl (C=O) groups excluding carboxylic acids is 2. The van der Waals surface area contributed by atoms with Gasteiger partial charge >= 0.3 is 0 Å². The zero-order chi connectivity index (χ0) is 13.0. The van der Waals surface area contributed by atoms with Crippen LogP contribution in [0.1, 0.15) is 36.5 Å². The predicted molar refractivity (Wildman–Crippen MR) is 72.2 cm³/mol. The van der Waals surface area contributed by atoms with Crippen molar-refractivity contribution in [2.75, 3.05) is 23.3 Å². The Morgan fingerprint density at radius 2 is 2.00 bits per heavy atom. The normalized spacial score (nSPS) is 15.3. The van der Waals surface area contributed by atoms with Crippen LogP contribution in [0.25, 0.3) is 0 Å². The lowest BCUT2D eigenvalue weighted by Gasteiger charge is -2.29. The Morgan fingerprint density at radius 3 is 2.61 bits per heavy atom. The number of carbonyl (C=O) groups is 2. The summed E-state index contributed by atoms with van der Waals surface area (Å²) in [5.74, 6) is -0.0294. The number of amides is 1. The average molecular weight is 246 g/mol. The van der Waals surface area contributed by atoms with E-state index in [9.17, 15) is 9.59 Å². The molecule has 0 aromatic heterocycles. The topological polar surface area (TPSA) is 49.4 Å². The molecule has 1 aliphatic rings. The Morgan fingerprint density at radius 1 is 1.28 bits per heavy atom. The van der Waals surface area contributed by atoms with Crippen LogP contribution in [0.4, 0.5) is 11.4 Å². The third kappa shape index (κ3) is 2.70. The van der Waals surface area contributed by atoms with Crippen LogP contribution in [0.5, 0.6) is 0 Å². The zero-order valence-corrected chi connectivity index (χ0v) is 10.6. The Hall–Kier alpha value is -1.84. The van der Waals surface area contributed by atoms with E-state index in [1.807, 2.05) is 12.1 Å². The van der Waals surface area contributed by atoms with E-state index in [-0.39, 0.29) is 5.78 Å². The number of nitrogens with one attached hydrogen (secondary N) is 1. The number of nitrogens with zero attached hydrogens (tertiary/aromatic N) is 1. The van der Waals surface area contributed by atoms with Gasteiger partial charge in [-0.3, -0.25) is 9.59 Å². The first kappa shape index (κ1) is 12.6. The van der Waals surface area contributed by atoms with Crippen molar-refractivity contribution < 1.29 is 9.59 Å². The second kappa shape index (κ2) is 5.67. The monoisotopic (exact) mass is 246 g/mol. The summed E-state index contributed by atoms with van der Waals surface area (Å²) in [6.07, 6.45) is 4.27. The highest BCUT2D eigenvalue weighted by atomic mass is 16.1. The van der Waals surface area contributed by atoms with E-state index in [1.165, 1.54) is 26.2 Å². The van der Waals surface area contributed by atoms with Gasteiger partial charge in [-0.05, 0) is 44.4 Å². The number of rotatable bonds is 4. The number of ketones is 1. The molecule has 4 nitrogen and oxygen atoms in total. The fraction of sp³-hybridized carbons (Fsp3) is 0.429. The molecule has 0 saturated carbocycles. The van der Waals surface area contributed by atoms with E-state index in [0.29, 0.717) is 17.7 Å². The highest BCUT2D eigenvalue weighted by Crippen LogP contribution is 2.25. The summed E-state index contributed by atoms with van der Waals surface area (Å²) in [6.45, 7) is 3.60. The van der Waals surface area contributed by atoms with Crippen LogP contribution in [0.15, 0.2) is 18.2 Å². The Labute approximate surface area is 107 Å². The van der Waals surface area contributed by atoms with Crippen LogP contribution < -0.4 is 10.2 Å². The van der Waals surface area contributed by atoms with Gasteiger partial charge in [-0.15, -0.1) is 0 Å². The molecule has 0 radical (unpaired) electrons. The maximum absolute atomic E-state index is 11.6. The van der Waals surface area contributed by atoms with E-state index >= 15 is 0 Å². The van der Waals surface area contributed by atoms with Crippen molar-refractivity contribution in [3.05, 3.63) is 23.8 Å². The molecule has 1 aromatic rings. The minimum absolute atomic E-state index is 0.0294. The smallest absolute Gasteiger partial charge is 0.211 e. The van der Waals surface area contributed by atoms with Crippen molar-refractivity contribution in [2.45, 2.75) is 26.2 Å². The third-order valence-corrected chi connectivity index (χ3v) is 3.32. The fourth-order valence-corrected chi connectivity index (χ4v) is 2.36. The van der Waals surface area contributed by atoms with Gasteiger partial charge in [-0.2, -0.15) is 0 Å². The second-order valence-electron chi connectivity index (χ2n) is 4.60. The third-order valence-electron chi connectivity index (χ3n) is 3.32. The minimum atomic E-state index is -0.0294. The number of Topliss-reactive ketones (excluding diaryl/α,β-unsaturated/α-hetero) is 1. The molecule has 4 heteroatoms. The molecule has 1 saturated heterocycles. The van der Waals surface area contributed by atoms with Crippen molar-refractivity contribution in [2.24, 2.45) is 0 Å². The average Bonchev–Trinajstić information content (AvgIpc) is 2.40. The number of anilines is 2. The van der Waals surface area contributed by atoms with Gasteiger partial charge in [-0.25, -0.2) is 0 Å². The van der Waals surface area contributed by atoms with Crippen molar-refractivity contribution in [3.8, 4) is 0 Å². The molecule has 1 heterocycles. The standard InChI is InChI=1S/C14H18N2O2/c1-11(18)13-9-12(5-6-14(13)15-10-17)16-7-3-2-4-8-16/h5-6,9-10H,2-4,7-8H2,1H3,(H,15,17). The first-order valence-electron chi connectivity index (χ1n) is 6.32. The summed E-state index contributed by atoms with van der Waals surface area (Å²) in [7, 11) is 0. The predicted octanol–water partition coefficient (Wildman–Crippen LogP) is 2.45. The second-order valence-corrected chi connectivity index (χ2v) is 4.60. The number of hydrogen-bond acceptors (Lipinski definition) is 3. The van der Waals surface area contributed by atoms with Crippen LogP contribution in [-0.2, 0) is 4.79 Å². The van der Waals surface area contributed by atoms with Gasteiger partial charge in [0, 0.05) is 24.3 Å². The van der Waals surface area contributed by atoms with E-state index < -0.39 is 0 Å². The van der Waals surface area contributed by atoms with E-state index in [2.05, 4.69) is 10.2 Å². The van der Waals surface area contributed by atoms with Crippen molar-refractivity contribution in [1.82, 2.24) is 0 Å². The summed E-state index contributed by atoms with van der Waals surface area (Å²) in [5, 5.41) is 2.57. The summed E-state index contributed by atoms with van der Waals surface area (Å²) in [4.78, 5) is 24.4. The fourth-order valence-electron chi connectivity index (χ4n) is 2.36. The molecule has 0 atom stereocenters. The lowest BCUT2D eigenvalue weighted by molar-refractivity contribution is -0.105. The Kier molecular flexibility index (Phi) is 3.97. The van der Waals surface area contributed by atoms with Crippen LogP contribution in [0, 0.1) is 0 Å². The minimum Gasteiger partial charge on any atom is -0.372 e. The number of hydrogen-bond donors (Lipinski definition) is 1. The summed E-state index contributed by atoms with van der Waals surface area (Å²) in [5.41, 5.74) is 2.22. The van der Waals surface area contributed by atoms with Crippen molar-refractivity contribution in [1.29, 1.82) is 0 Å². The molecule has 0 aliphatic carbocycles. The highest BCUT2D eigenvalue weighted by Gasteiger charge is 2.14. The lowest BCUT2D eigenvalue weighted by atomic mass is 10.1. The molecule has 1 amide bonds. The summed E-state index contributed by atoms with van der Waals surface area (Å²) in [6, 6.07) is 5.64. The first-order valence-corrected chi connectivity index (χ1v) is 6.32. The molecule has 1 N–H and O–H groups in total. The molecule has 0 unspecified atom stereocenters. The molecule has 2 rings (SSSR count). The van der Waals surface area contributed by atoms with Gasteiger partial charge in [0.1, 0.15) is 0 Å². The Bertz CT molecular complexity index is 451. The molecular weight excluding hydrogens is 228 g/mol. The van der Waals surface area contributed by atoms with Crippen LogP contribution in [0.3, 0.4) is 0 Å². The lowest BCUT2D eigenvalue weighted by Crippen LogP contribution is -2.29. The molecule has 96 valence electrons. The highest BCUT2D eigenvalue weighted by molar-refractivity contribution is 6.02. The maximum Gasteiger partial charge on any atom is 0.211 e. The molecular formula is C14H18N2O2. The number of benzene rings is 1. The SMILES string of the molecule is CC(=O)c1cc(N2CCCCC2)ccc1NC=O. The van der Waals surface area contributed by atoms with Gasteiger partial charge < -0.3 is 10.2 Å². The van der Waals surface area contributed by atoms with Gasteiger partial charge in [-0.1, -0.05) is 0 Å². The molecule has 0 spiro atoms. The summed E-state index contributed by atoms with van der Waals surface area (Å²) >= 11 is 0. The van der Waals surface area contributed by atoms with Gasteiger partial charge in [0.2, 0.25) is 6.41 Å². The van der Waals surface area contributed by atoms with Crippen LogP contribution >= 0.6 is 0 Å².